The molecule has 0 radical (unpaired) electrons. The Morgan fingerprint density at radius 3 is 2.45 bits per heavy atom. The van der Waals surface area contributed by atoms with Gasteiger partial charge in [0.1, 0.15) is 0 Å². The van der Waals surface area contributed by atoms with Crippen molar-refractivity contribution in [2.75, 3.05) is 20.1 Å². The highest BCUT2D eigenvalue weighted by Gasteiger charge is 2.04. The Hall–Kier alpha value is -1.53. The fourth-order valence-electron chi connectivity index (χ4n) is 1.41. The van der Waals surface area contributed by atoms with Gasteiger partial charge in [-0.15, -0.1) is 6.42 Å². The van der Waals surface area contributed by atoms with Crippen LogP contribution in [0, 0.1) is 12.3 Å². The van der Waals surface area contributed by atoms with E-state index in [9.17, 15) is 4.79 Å². The molecule has 1 unspecified atom stereocenters. The highest BCUT2D eigenvalue weighted by atomic mass is 16.1. The van der Waals surface area contributed by atoms with Crippen LogP contribution in [0.5, 0.6) is 0 Å². The summed E-state index contributed by atoms with van der Waals surface area (Å²) in [5, 5.41) is 3.09. The highest BCUT2D eigenvalue weighted by molar-refractivity contribution is 5.47. The summed E-state index contributed by atoms with van der Waals surface area (Å²) in [5.41, 5.74) is 0. The zero-order valence-electron chi connectivity index (χ0n) is 13.4. The topological polar surface area (TPSA) is 32.3 Å². The van der Waals surface area contributed by atoms with Crippen LogP contribution in [-0.2, 0) is 4.79 Å². The molecule has 114 valence electrons. The van der Waals surface area contributed by atoms with Crippen molar-refractivity contribution >= 4 is 6.41 Å². The number of rotatable bonds is 9. The summed E-state index contributed by atoms with van der Waals surface area (Å²) >= 11 is 0. The zero-order valence-corrected chi connectivity index (χ0v) is 13.4. The molecule has 3 nitrogen and oxygen atoms in total. The highest BCUT2D eigenvalue weighted by Crippen LogP contribution is 1.98. The van der Waals surface area contributed by atoms with Gasteiger partial charge in [-0.25, -0.2) is 0 Å². The van der Waals surface area contributed by atoms with Crippen LogP contribution < -0.4 is 5.32 Å². The molecular weight excluding hydrogens is 248 g/mol. The number of amides is 1. The molecule has 0 rings (SSSR count). The van der Waals surface area contributed by atoms with Crippen LogP contribution in [0.3, 0.4) is 0 Å². The van der Waals surface area contributed by atoms with E-state index in [2.05, 4.69) is 31.2 Å². The molecule has 3 heteroatoms. The van der Waals surface area contributed by atoms with Crippen molar-refractivity contribution in [1.29, 1.82) is 0 Å². The molecule has 0 saturated carbocycles. The van der Waals surface area contributed by atoms with E-state index in [1.807, 2.05) is 26.1 Å². The first-order valence-corrected chi connectivity index (χ1v) is 7.31. The van der Waals surface area contributed by atoms with Crippen LogP contribution in [0.2, 0.25) is 0 Å². The number of unbranched alkanes of at least 4 members (excludes halogenated alkanes) is 1. The van der Waals surface area contributed by atoms with Gasteiger partial charge in [-0.2, -0.15) is 0 Å². The molecule has 0 aromatic carbocycles. The summed E-state index contributed by atoms with van der Waals surface area (Å²) in [6, 6.07) is 0.396. The van der Waals surface area contributed by atoms with E-state index >= 15 is 0 Å². The summed E-state index contributed by atoms with van der Waals surface area (Å²) in [7, 11) is 1.96. The van der Waals surface area contributed by atoms with E-state index in [1.165, 1.54) is 6.42 Å². The van der Waals surface area contributed by atoms with Crippen molar-refractivity contribution < 1.29 is 4.79 Å². The second-order valence-corrected chi connectivity index (χ2v) is 4.39. The molecule has 1 N–H and O–H groups in total. The van der Waals surface area contributed by atoms with Crippen molar-refractivity contribution in [1.82, 2.24) is 10.2 Å². The van der Waals surface area contributed by atoms with Crippen LogP contribution >= 0.6 is 0 Å². The quantitative estimate of drug-likeness (QED) is 0.304. The number of nitrogens with zero attached hydrogens (tertiary/aromatic N) is 1. The van der Waals surface area contributed by atoms with Gasteiger partial charge in [0.15, 0.2) is 0 Å². The average Bonchev–Trinajstić information content (AvgIpc) is 2.48. The summed E-state index contributed by atoms with van der Waals surface area (Å²) in [5.74, 6) is 2.43. The van der Waals surface area contributed by atoms with E-state index in [4.69, 9.17) is 6.42 Å². The number of hydrogen-bond acceptors (Lipinski definition) is 2. The van der Waals surface area contributed by atoms with Crippen LogP contribution in [0.25, 0.3) is 0 Å². The first kappa shape index (κ1) is 20.8. The van der Waals surface area contributed by atoms with Crippen LogP contribution in [0.1, 0.15) is 40.0 Å². The fourth-order valence-corrected chi connectivity index (χ4v) is 1.41. The molecule has 0 aromatic rings. The second-order valence-electron chi connectivity index (χ2n) is 4.39. The molecule has 0 saturated heterocycles. The number of allylic oxidation sites excluding steroid dienone is 4. The third kappa shape index (κ3) is 14.5. The molecule has 0 heterocycles. The lowest BCUT2D eigenvalue weighted by atomic mass is 10.2. The molecule has 1 amide bonds. The van der Waals surface area contributed by atoms with E-state index in [1.54, 1.807) is 11.0 Å². The third-order valence-electron chi connectivity index (χ3n) is 2.89. The summed E-state index contributed by atoms with van der Waals surface area (Å²) in [4.78, 5) is 12.1. The second kappa shape index (κ2) is 17.5. The number of terminal acetylenes is 1. The standard InChI is InChI=1S/C10H15N.C7H15NO/c1-3-4-5-6-7-8-9-10-11-2;1-4-7(3)8(5-2)6-9/h1,4-7,11H,8-10H2,2H3;6-7H,4-5H2,1-3H3/b5-4-,7-6-;. The summed E-state index contributed by atoms with van der Waals surface area (Å²) < 4.78 is 0. The number of hydrogen-bond donors (Lipinski definition) is 1. The van der Waals surface area contributed by atoms with Gasteiger partial charge < -0.3 is 10.2 Å². The first-order valence-electron chi connectivity index (χ1n) is 7.31. The Morgan fingerprint density at radius 2 is 2.05 bits per heavy atom. The van der Waals surface area contributed by atoms with E-state index in [0.717, 1.165) is 32.3 Å². The van der Waals surface area contributed by atoms with Crippen LogP contribution in [0.15, 0.2) is 24.3 Å². The van der Waals surface area contributed by atoms with Gasteiger partial charge in [0.05, 0.1) is 0 Å². The maximum Gasteiger partial charge on any atom is 0.209 e. The molecule has 0 aromatic heterocycles. The van der Waals surface area contributed by atoms with Crippen molar-refractivity contribution in [2.45, 2.75) is 46.1 Å². The minimum absolute atomic E-state index is 0.396. The fraction of sp³-hybridized carbons (Fsp3) is 0.588. The molecule has 0 fully saturated rings. The first-order chi connectivity index (χ1) is 9.67. The van der Waals surface area contributed by atoms with Crippen molar-refractivity contribution in [3.05, 3.63) is 24.3 Å². The van der Waals surface area contributed by atoms with Crippen molar-refractivity contribution in [3.8, 4) is 12.3 Å². The smallest absolute Gasteiger partial charge is 0.209 e. The van der Waals surface area contributed by atoms with E-state index < -0.39 is 0 Å². The largest absolute Gasteiger partial charge is 0.343 e. The Labute approximate surface area is 125 Å². The Bertz CT molecular complexity index is 303. The third-order valence-corrected chi connectivity index (χ3v) is 2.89. The molecule has 20 heavy (non-hydrogen) atoms. The normalized spacial score (nSPS) is 11.8. The maximum atomic E-state index is 10.3. The van der Waals surface area contributed by atoms with E-state index in [-0.39, 0.29) is 0 Å². The lowest BCUT2D eigenvalue weighted by Gasteiger charge is -2.21. The summed E-state index contributed by atoms with van der Waals surface area (Å²) in [6.45, 7) is 8.01. The van der Waals surface area contributed by atoms with Gasteiger partial charge in [0.2, 0.25) is 6.41 Å². The Kier molecular flexibility index (Phi) is 18.2. The Morgan fingerprint density at radius 1 is 1.35 bits per heavy atom. The van der Waals surface area contributed by atoms with Gasteiger partial charge in [0, 0.05) is 12.6 Å². The van der Waals surface area contributed by atoms with Gasteiger partial charge >= 0.3 is 0 Å². The van der Waals surface area contributed by atoms with Gasteiger partial charge in [-0.05, 0) is 52.8 Å². The maximum absolute atomic E-state index is 10.3. The minimum atomic E-state index is 0.396. The van der Waals surface area contributed by atoms with Gasteiger partial charge in [-0.3, -0.25) is 4.79 Å². The molecular formula is C17H30N2O. The molecule has 1 atom stereocenters. The van der Waals surface area contributed by atoms with Gasteiger partial charge in [0.25, 0.3) is 0 Å². The summed E-state index contributed by atoms with van der Waals surface area (Å²) in [6.07, 6.45) is 16.9. The molecule has 0 spiro atoms. The molecule has 0 bridgehead atoms. The number of carbonyl (C=O) groups is 1. The van der Waals surface area contributed by atoms with Crippen molar-refractivity contribution in [2.24, 2.45) is 0 Å². The Balaban J connectivity index is 0. The molecule has 0 aliphatic heterocycles. The number of nitrogens with one attached hydrogen (secondary N) is 1. The molecule has 0 aliphatic rings. The number of carbonyl (C=O) groups excluding carboxylic acids is 1. The van der Waals surface area contributed by atoms with Crippen LogP contribution in [-0.4, -0.2) is 37.5 Å². The van der Waals surface area contributed by atoms with Crippen molar-refractivity contribution in [3.63, 3.8) is 0 Å². The minimum Gasteiger partial charge on any atom is -0.343 e. The van der Waals surface area contributed by atoms with E-state index in [0.29, 0.717) is 6.04 Å². The predicted octanol–water partition coefficient (Wildman–Crippen LogP) is 2.99. The average molecular weight is 278 g/mol. The lowest BCUT2D eigenvalue weighted by molar-refractivity contribution is -0.119. The SMILES string of the molecule is C#C/C=C\C=C/CCCNC.CCC(C)N(C=O)CC. The monoisotopic (exact) mass is 278 g/mol. The molecule has 0 aliphatic carbocycles. The zero-order chi connectivity index (χ0) is 15.6. The van der Waals surface area contributed by atoms with Gasteiger partial charge in [-0.1, -0.05) is 31.1 Å². The lowest BCUT2D eigenvalue weighted by Crippen LogP contribution is -2.30. The predicted molar refractivity (Wildman–Crippen MR) is 88.5 cm³/mol. The van der Waals surface area contributed by atoms with Crippen LogP contribution in [0.4, 0.5) is 0 Å².